The van der Waals surface area contributed by atoms with Crippen molar-refractivity contribution in [3.63, 3.8) is 0 Å². The first kappa shape index (κ1) is 21.3. The smallest absolute Gasteiger partial charge is 0.276 e. The van der Waals surface area contributed by atoms with Crippen LogP contribution in [0.4, 0.5) is 17.1 Å². The number of hydrogen-bond acceptors (Lipinski definition) is 8. The van der Waals surface area contributed by atoms with Crippen LogP contribution in [0.25, 0.3) is 0 Å². The van der Waals surface area contributed by atoms with Crippen LogP contribution in [0.2, 0.25) is 0 Å². The first-order valence-electron chi connectivity index (χ1n) is 10.2. The first-order chi connectivity index (χ1) is 15.5. The molecule has 1 aliphatic carbocycles. The molecule has 3 aromatic rings. The Morgan fingerprint density at radius 1 is 1.06 bits per heavy atom. The molecule has 1 fully saturated rings. The molecule has 0 bridgehead atoms. The van der Waals surface area contributed by atoms with E-state index >= 15 is 0 Å². The largest absolute Gasteiger partial charge is 0.394 e. The van der Waals surface area contributed by atoms with E-state index in [1.165, 1.54) is 24.8 Å². The van der Waals surface area contributed by atoms with Crippen molar-refractivity contribution < 1.29 is 14.7 Å². The fourth-order valence-electron chi connectivity index (χ4n) is 3.09. The average Bonchev–Trinajstić information content (AvgIpc) is 3.65. The molecule has 3 heterocycles. The second-order valence-electron chi connectivity index (χ2n) is 7.59. The number of carbonyl (C=O) groups is 2. The van der Waals surface area contributed by atoms with E-state index in [-0.39, 0.29) is 23.6 Å². The minimum Gasteiger partial charge on any atom is -0.394 e. The van der Waals surface area contributed by atoms with Gasteiger partial charge in [-0.25, -0.2) is 15.0 Å². The summed E-state index contributed by atoms with van der Waals surface area (Å²) in [6, 6.07) is 4.78. The van der Waals surface area contributed by atoms with E-state index < -0.39 is 17.9 Å². The molecule has 32 heavy (non-hydrogen) atoms. The maximum Gasteiger partial charge on any atom is 0.276 e. The summed E-state index contributed by atoms with van der Waals surface area (Å²) < 4.78 is 0. The summed E-state index contributed by atoms with van der Waals surface area (Å²) in [6.07, 6.45) is 9.55. The number of hydrogen-bond donors (Lipinski definition) is 4. The lowest BCUT2D eigenvalue weighted by molar-refractivity contribution is 0.0923. The maximum atomic E-state index is 13.2. The Labute approximate surface area is 184 Å². The van der Waals surface area contributed by atoms with Crippen LogP contribution >= 0.6 is 0 Å². The summed E-state index contributed by atoms with van der Waals surface area (Å²) in [4.78, 5) is 42.4. The summed E-state index contributed by atoms with van der Waals surface area (Å²) in [7, 11) is 0. The summed E-state index contributed by atoms with van der Waals surface area (Å²) in [5, 5.41) is 17.7. The highest BCUT2D eigenvalue weighted by molar-refractivity contribution is 6.10. The molecule has 1 atom stereocenters. The molecule has 10 heteroatoms. The van der Waals surface area contributed by atoms with Crippen LogP contribution in [0, 0.1) is 0 Å². The van der Waals surface area contributed by atoms with Gasteiger partial charge in [-0.3, -0.25) is 14.6 Å². The van der Waals surface area contributed by atoms with Gasteiger partial charge in [0.25, 0.3) is 11.8 Å². The Bertz CT molecular complexity index is 1120. The van der Waals surface area contributed by atoms with Gasteiger partial charge >= 0.3 is 0 Å². The van der Waals surface area contributed by atoms with Gasteiger partial charge in [-0.1, -0.05) is 0 Å². The Morgan fingerprint density at radius 3 is 2.56 bits per heavy atom. The van der Waals surface area contributed by atoms with Crippen molar-refractivity contribution in [2.75, 3.05) is 17.2 Å². The van der Waals surface area contributed by atoms with E-state index in [1.54, 1.807) is 19.3 Å². The molecule has 4 rings (SSSR count). The lowest BCUT2D eigenvalue weighted by atomic mass is 10.1. The molecule has 0 saturated heterocycles. The summed E-state index contributed by atoms with van der Waals surface area (Å²) in [5.74, 6) is -0.553. The number of aromatic nitrogens is 4. The highest BCUT2D eigenvalue weighted by atomic mass is 16.3. The van der Waals surface area contributed by atoms with E-state index in [4.69, 9.17) is 0 Å². The van der Waals surface area contributed by atoms with E-state index in [0.29, 0.717) is 17.3 Å². The number of carbonyl (C=O) groups excluding carboxylic acids is 2. The monoisotopic (exact) mass is 433 g/mol. The van der Waals surface area contributed by atoms with Gasteiger partial charge in [-0.2, -0.15) is 0 Å². The maximum absolute atomic E-state index is 13.2. The molecule has 0 aliphatic heterocycles. The Balaban J connectivity index is 1.62. The van der Waals surface area contributed by atoms with Crippen LogP contribution < -0.4 is 16.0 Å². The fraction of sp³-hybridized carbons (Fsp3) is 0.273. The van der Waals surface area contributed by atoms with Crippen LogP contribution in [0.1, 0.15) is 52.2 Å². The summed E-state index contributed by atoms with van der Waals surface area (Å²) >= 11 is 0. The van der Waals surface area contributed by atoms with Crippen molar-refractivity contribution in [2.24, 2.45) is 0 Å². The molecule has 0 spiro atoms. The van der Waals surface area contributed by atoms with Crippen molar-refractivity contribution in [1.29, 1.82) is 0 Å². The van der Waals surface area contributed by atoms with E-state index in [9.17, 15) is 14.7 Å². The van der Waals surface area contributed by atoms with Gasteiger partial charge in [0.15, 0.2) is 5.69 Å². The predicted octanol–water partition coefficient (Wildman–Crippen LogP) is 2.25. The lowest BCUT2D eigenvalue weighted by Crippen LogP contribution is -2.35. The minimum atomic E-state index is -0.482. The van der Waals surface area contributed by atoms with Crippen LogP contribution in [0.15, 0.2) is 49.3 Å². The van der Waals surface area contributed by atoms with Gasteiger partial charge in [0.2, 0.25) is 0 Å². The van der Waals surface area contributed by atoms with E-state index in [0.717, 1.165) is 18.5 Å². The van der Waals surface area contributed by atoms with Gasteiger partial charge < -0.3 is 21.1 Å². The molecule has 164 valence electrons. The molecule has 3 aromatic heterocycles. The van der Waals surface area contributed by atoms with Crippen molar-refractivity contribution >= 4 is 28.9 Å². The molecule has 1 unspecified atom stereocenters. The number of nitrogens with one attached hydrogen (secondary N) is 3. The van der Waals surface area contributed by atoms with Crippen LogP contribution in [0.3, 0.4) is 0 Å². The first-order valence-corrected chi connectivity index (χ1v) is 10.2. The third-order valence-corrected chi connectivity index (χ3v) is 4.93. The van der Waals surface area contributed by atoms with Crippen molar-refractivity contribution in [2.45, 2.75) is 31.7 Å². The minimum absolute atomic E-state index is 0.192. The van der Waals surface area contributed by atoms with Gasteiger partial charge in [0.05, 0.1) is 47.8 Å². The third kappa shape index (κ3) is 5.03. The van der Waals surface area contributed by atoms with Crippen molar-refractivity contribution in [3.05, 3.63) is 66.3 Å². The molecule has 10 nitrogen and oxygen atoms in total. The highest BCUT2D eigenvalue weighted by Gasteiger charge is 2.27. The number of anilines is 3. The molecule has 1 saturated carbocycles. The number of pyridine rings is 2. The second-order valence-corrected chi connectivity index (χ2v) is 7.59. The normalized spacial score (nSPS) is 13.8. The van der Waals surface area contributed by atoms with Crippen molar-refractivity contribution in [1.82, 2.24) is 25.3 Å². The van der Waals surface area contributed by atoms with Gasteiger partial charge in [0, 0.05) is 23.9 Å². The standard InChI is InChI=1S/C22H23N7O3/c1-13(11-30)26-21(31)16-6-7-23-10-19(16)29-22(32)20-18(27-15-8-24-12-25-9-15)5-4-17(28-20)14-2-3-14/h4-10,12-14,27,30H,2-3,11H2,1H3,(H,26,31)(H,29,32). The fourth-order valence-corrected chi connectivity index (χ4v) is 3.09. The highest BCUT2D eigenvalue weighted by Crippen LogP contribution is 2.39. The summed E-state index contributed by atoms with van der Waals surface area (Å²) in [6.45, 7) is 1.48. The van der Waals surface area contributed by atoms with Crippen LogP contribution in [-0.4, -0.2) is 49.5 Å². The van der Waals surface area contributed by atoms with Gasteiger partial charge in [0.1, 0.15) is 6.33 Å². The van der Waals surface area contributed by atoms with Gasteiger partial charge in [-0.05, 0) is 38.0 Å². The topological polar surface area (TPSA) is 142 Å². The Morgan fingerprint density at radius 2 is 1.84 bits per heavy atom. The zero-order valence-corrected chi connectivity index (χ0v) is 17.4. The number of amides is 2. The lowest BCUT2D eigenvalue weighted by Gasteiger charge is -2.15. The number of rotatable bonds is 8. The van der Waals surface area contributed by atoms with Crippen molar-refractivity contribution in [3.8, 4) is 0 Å². The molecule has 1 aliphatic rings. The van der Waals surface area contributed by atoms with Crippen LogP contribution in [0.5, 0.6) is 0 Å². The Kier molecular flexibility index (Phi) is 6.31. The molecule has 0 aromatic carbocycles. The number of aliphatic hydroxyl groups excluding tert-OH is 1. The molecule has 0 radical (unpaired) electrons. The van der Waals surface area contributed by atoms with E-state index in [1.807, 2.05) is 12.1 Å². The van der Waals surface area contributed by atoms with E-state index in [2.05, 4.69) is 35.9 Å². The summed E-state index contributed by atoms with van der Waals surface area (Å²) in [5.41, 5.74) is 2.63. The molecular weight excluding hydrogens is 410 g/mol. The SMILES string of the molecule is CC(CO)NC(=O)c1ccncc1NC(=O)c1nc(C2CC2)ccc1Nc1cncnc1. The average molecular weight is 433 g/mol. The molecule has 4 N–H and O–H groups in total. The predicted molar refractivity (Wildman–Crippen MR) is 118 cm³/mol. The Hall–Kier alpha value is -3.92. The second kappa shape index (κ2) is 9.48. The zero-order valence-electron chi connectivity index (χ0n) is 17.4. The molecule has 2 amide bonds. The number of nitrogens with zero attached hydrogens (tertiary/aromatic N) is 4. The quantitative estimate of drug-likeness (QED) is 0.424. The third-order valence-electron chi connectivity index (χ3n) is 4.93. The van der Waals surface area contributed by atoms with Crippen LogP contribution in [-0.2, 0) is 0 Å². The van der Waals surface area contributed by atoms with Gasteiger partial charge in [-0.15, -0.1) is 0 Å². The number of aliphatic hydroxyl groups is 1. The zero-order chi connectivity index (χ0) is 22.5. The molecular formula is C22H23N7O3.